The molecule has 2 aliphatic heterocycles. The number of aromatic amines is 1. The van der Waals surface area contributed by atoms with Gasteiger partial charge in [0.25, 0.3) is 5.91 Å². The number of aromatic nitrogens is 1. The van der Waals surface area contributed by atoms with Crippen molar-refractivity contribution < 1.29 is 18.0 Å². The van der Waals surface area contributed by atoms with Crippen molar-refractivity contribution in [2.24, 2.45) is 0 Å². The van der Waals surface area contributed by atoms with Crippen molar-refractivity contribution >= 4 is 28.2 Å². The van der Waals surface area contributed by atoms with Crippen molar-refractivity contribution in [2.75, 3.05) is 24.3 Å². The zero-order valence-electron chi connectivity index (χ0n) is 19.6. The molecule has 1 aromatic heterocycles. The number of H-pyrrole nitrogens is 1. The van der Waals surface area contributed by atoms with Crippen molar-refractivity contribution in [3.8, 4) is 0 Å². The summed E-state index contributed by atoms with van der Waals surface area (Å²) in [4.78, 5) is 33.2. The Bertz CT molecular complexity index is 1330. The van der Waals surface area contributed by atoms with Crippen LogP contribution in [0.25, 0.3) is 10.9 Å². The van der Waals surface area contributed by atoms with E-state index < -0.39 is 28.5 Å². The Morgan fingerprint density at radius 2 is 1.80 bits per heavy atom. The lowest BCUT2D eigenvalue weighted by Gasteiger charge is -2.26. The van der Waals surface area contributed by atoms with Crippen LogP contribution in [0, 0.1) is 0 Å². The topological polar surface area (TPSA) is 68.4 Å². The Hall–Kier alpha value is -3.33. The molecule has 35 heavy (non-hydrogen) atoms. The highest BCUT2D eigenvalue weighted by molar-refractivity contribution is 6.06. The van der Waals surface area contributed by atoms with Crippen LogP contribution in [0.15, 0.2) is 47.4 Å². The minimum absolute atomic E-state index is 0.0271. The Morgan fingerprint density at radius 1 is 1.11 bits per heavy atom. The summed E-state index contributed by atoms with van der Waals surface area (Å²) >= 11 is 0. The summed E-state index contributed by atoms with van der Waals surface area (Å²) < 4.78 is 40.5. The summed E-state index contributed by atoms with van der Waals surface area (Å²) in [5, 5.41) is 2.23. The van der Waals surface area contributed by atoms with Crippen LogP contribution >= 0.6 is 0 Å². The van der Waals surface area contributed by atoms with Gasteiger partial charge in [0.1, 0.15) is 5.56 Å². The number of halogens is 3. The van der Waals surface area contributed by atoms with E-state index in [1.54, 1.807) is 0 Å². The molecule has 2 fully saturated rings. The van der Waals surface area contributed by atoms with E-state index in [0.29, 0.717) is 24.3 Å². The monoisotopic (exact) mass is 484 g/mol. The molecule has 0 aliphatic carbocycles. The van der Waals surface area contributed by atoms with Gasteiger partial charge in [-0.3, -0.25) is 9.59 Å². The smallest absolute Gasteiger partial charge is 0.366 e. The fraction of sp³-hybridized carbons (Fsp3) is 0.385. The fourth-order valence-corrected chi connectivity index (χ4v) is 5.53. The lowest BCUT2D eigenvalue weighted by atomic mass is 10.0. The van der Waals surface area contributed by atoms with Crippen LogP contribution in [0.5, 0.6) is 0 Å². The molecular weight excluding hydrogens is 457 g/mol. The third kappa shape index (κ3) is 4.29. The molecule has 9 heteroatoms. The molecule has 1 amide bonds. The zero-order valence-corrected chi connectivity index (χ0v) is 19.6. The van der Waals surface area contributed by atoms with Crippen molar-refractivity contribution in [3.63, 3.8) is 0 Å². The molecule has 2 aromatic carbocycles. The second kappa shape index (κ2) is 8.71. The molecule has 0 radical (unpaired) electrons. The average Bonchev–Trinajstić information content (AvgIpc) is 3.40. The first-order valence-corrected chi connectivity index (χ1v) is 11.7. The van der Waals surface area contributed by atoms with Crippen LogP contribution in [0.3, 0.4) is 0 Å². The number of pyridine rings is 1. The van der Waals surface area contributed by atoms with E-state index in [1.807, 2.05) is 31.1 Å². The lowest BCUT2D eigenvalue weighted by Crippen LogP contribution is -2.28. The van der Waals surface area contributed by atoms with Gasteiger partial charge in [-0.25, -0.2) is 0 Å². The quantitative estimate of drug-likeness (QED) is 0.535. The van der Waals surface area contributed by atoms with Gasteiger partial charge in [0.2, 0.25) is 5.43 Å². The molecule has 5 rings (SSSR count). The molecule has 2 aliphatic rings. The number of alkyl halides is 3. The van der Waals surface area contributed by atoms with E-state index in [1.165, 1.54) is 44.0 Å². The molecule has 0 saturated carbocycles. The van der Waals surface area contributed by atoms with E-state index in [-0.39, 0.29) is 11.1 Å². The largest absolute Gasteiger partial charge is 0.417 e. The van der Waals surface area contributed by atoms with Gasteiger partial charge in [0.15, 0.2) is 0 Å². The first-order chi connectivity index (χ1) is 16.6. The molecule has 2 N–H and O–H groups in total. The second-order valence-corrected chi connectivity index (χ2v) is 9.66. The van der Waals surface area contributed by atoms with E-state index in [4.69, 9.17) is 0 Å². The highest BCUT2D eigenvalue weighted by Gasteiger charge is 2.39. The van der Waals surface area contributed by atoms with E-state index >= 15 is 0 Å². The highest BCUT2D eigenvalue weighted by atomic mass is 19.4. The molecule has 184 valence electrons. The Labute approximate surface area is 200 Å². The average molecular weight is 485 g/mol. The van der Waals surface area contributed by atoms with Crippen molar-refractivity contribution in [1.29, 1.82) is 0 Å². The molecule has 0 unspecified atom stereocenters. The Morgan fingerprint density at radius 3 is 2.43 bits per heavy atom. The van der Waals surface area contributed by atoms with Crippen molar-refractivity contribution in [3.05, 3.63) is 69.5 Å². The maximum atomic E-state index is 13.5. The predicted octanol–water partition coefficient (Wildman–Crippen LogP) is 4.99. The fourth-order valence-electron chi connectivity index (χ4n) is 5.53. The van der Waals surface area contributed by atoms with E-state index in [9.17, 15) is 22.8 Å². The molecule has 2 bridgehead atoms. The number of benzene rings is 2. The number of hydrogen-bond donors (Lipinski definition) is 2. The second-order valence-electron chi connectivity index (χ2n) is 9.66. The number of anilines is 2. The van der Waals surface area contributed by atoms with Crippen LogP contribution in [0.1, 0.15) is 47.2 Å². The molecule has 3 aromatic rings. The van der Waals surface area contributed by atoms with Crippen LogP contribution in [-0.4, -0.2) is 42.0 Å². The SMILES string of the molecule is CN(C)Cc1cc(N2C3CCC2CC3)ccc1NC(=O)c1c[nH]c2cccc(C(F)(F)F)c2c1=O. The lowest BCUT2D eigenvalue weighted by molar-refractivity contribution is -0.136. The molecule has 2 saturated heterocycles. The molecule has 0 spiro atoms. The molecular formula is C26H27F3N4O2. The van der Waals surface area contributed by atoms with Crippen LogP contribution in [0.2, 0.25) is 0 Å². The summed E-state index contributed by atoms with van der Waals surface area (Å²) in [6, 6.07) is 10.4. The minimum Gasteiger partial charge on any atom is -0.366 e. The molecule has 6 nitrogen and oxygen atoms in total. The van der Waals surface area contributed by atoms with E-state index in [2.05, 4.69) is 21.3 Å². The number of nitrogens with zero attached hydrogens (tertiary/aromatic N) is 2. The maximum Gasteiger partial charge on any atom is 0.417 e. The third-order valence-electron chi connectivity index (χ3n) is 7.03. The number of rotatable bonds is 5. The predicted molar refractivity (Wildman–Crippen MR) is 130 cm³/mol. The number of hydrogen-bond acceptors (Lipinski definition) is 4. The normalized spacial score (nSPS) is 19.7. The van der Waals surface area contributed by atoms with Gasteiger partial charge in [-0.2, -0.15) is 13.2 Å². The first-order valence-electron chi connectivity index (χ1n) is 11.7. The zero-order chi connectivity index (χ0) is 24.9. The third-order valence-corrected chi connectivity index (χ3v) is 7.03. The summed E-state index contributed by atoms with van der Waals surface area (Å²) in [7, 11) is 3.84. The van der Waals surface area contributed by atoms with Crippen molar-refractivity contribution in [1.82, 2.24) is 9.88 Å². The summed E-state index contributed by atoms with van der Waals surface area (Å²) in [5.41, 5.74) is 0.157. The van der Waals surface area contributed by atoms with E-state index in [0.717, 1.165) is 17.3 Å². The maximum absolute atomic E-state index is 13.5. The summed E-state index contributed by atoms with van der Waals surface area (Å²) in [6.07, 6.45) is 1.22. The van der Waals surface area contributed by atoms with Gasteiger partial charge < -0.3 is 20.1 Å². The van der Waals surface area contributed by atoms with Crippen LogP contribution in [-0.2, 0) is 12.7 Å². The first kappa shape index (κ1) is 23.4. The van der Waals surface area contributed by atoms with Gasteiger partial charge in [-0.15, -0.1) is 0 Å². The Kier molecular flexibility index (Phi) is 5.83. The van der Waals surface area contributed by atoms with Gasteiger partial charge >= 0.3 is 6.18 Å². The highest BCUT2D eigenvalue weighted by Crippen LogP contribution is 2.42. The number of nitrogens with one attached hydrogen (secondary N) is 2. The molecule has 3 heterocycles. The minimum atomic E-state index is -4.72. The van der Waals surface area contributed by atoms with Gasteiger partial charge in [0.05, 0.1) is 10.9 Å². The Balaban J connectivity index is 1.50. The van der Waals surface area contributed by atoms with Crippen molar-refractivity contribution in [2.45, 2.75) is 50.5 Å². The summed E-state index contributed by atoms with van der Waals surface area (Å²) in [5.74, 6) is -0.751. The van der Waals surface area contributed by atoms with Crippen LogP contribution < -0.4 is 15.6 Å². The number of carbonyl (C=O) groups is 1. The van der Waals surface area contributed by atoms with Crippen LogP contribution in [0.4, 0.5) is 24.5 Å². The standard InChI is InChI=1S/C26H27F3N4O2/c1-32(2)14-15-12-18(33-16-6-7-17(33)9-8-16)10-11-21(15)31-25(35)19-13-30-22-5-3-4-20(26(27,28)29)23(22)24(19)34/h3-5,10-13,16-17H,6-9,14H2,1-2H3,(H,30,34)(H,31,35). The van der Waals surface area contributed by atoms with Gasteiger partial charge in [-0.1, -0.05) is 6.07 Å². The van der Waals surface area contributed by atoms with Gasteiger partial charge in [-0.05, 0) is 75.7 Å². The van der Waals surface area contributed by atoms with Gasteiger partial charge in [0, 0.05) is 41.7 Å². The number of amides is 1. The number of carbonyl (C=O) groups excluding carboxylic acids is 1. The molecule has 0 atom stereocenters. The number of fused-ring (bicyclic) bond motifs is 3. The summed E-state index contributed by atoms with van der Waals surface area (Å²) in [6.45, 7) is 0.554.